The van der Waals surface area contributed by atoms with Crippen molar-refractivity contribution in [1.82, 2.24) is 25.1 Å². The second-order valence-corrected chi connectivity index (χ2v) is 3.10. The first-order chi connectivity index (χ1) is 7.74. The molecule has 0 amide bonds. The molecule has 3 aromatic heterocycles. The van der Waals surface area contributed by atoms with E-state index in [1.807, 2.05) is 0 Å². The summed E-state index contributed by atoms with van der Waals surface area (Å²) in [5.41, 5.74) is -0.294. The Kier molecular flexibility index (Phi) is 1.58. The predicted octanol–water partition coefficient (Wildman–Crippen LogP) is -0.405. The molecular weight excluding hydrogens is 214 g/mol. The maximum atomic E-state index is 11.4. The van der Waals surface area contributed by atoms with Gasteiger partial charge in [-0.2, -0.15) is 0 Å². The van der Waals surface area contributed by atoms with E-state index in [4.69, 9.17) is 0 Å². The van der Waals surface area contributed by atoms with E-state index in [0.29, 0.717) is 11.5 Å². The summed E-state index contributed by atoms with van der Waals surface area (Å²) in [5, 5.41) is 3.66. The highest BCUT2D eigenvalue weighted by Gasteiger charge is 2.10. The van der Waals surface area contributed by atoms with Crippen molar-refractivity contribution in [3.8, 4) is 11.5 Å². The zero-order chi connectivity index (χ0) is 11.1. The highest BCUT2D eigenvalue weighted by atomic mass is 16.5. The molecule has 8 heteroatoms. The monoisotopic (exact) mass is 219 g/mol. The van der Waals surface area contributed by atoms with Crippen LogP contribution in [0.3, 0.4) is 0 Å². The van der Waals surface area contributed by atoms with Crippen molar-refractivity contribution in [3.63, 3.8) is 0 Å². The fourth-order valence-electron chi connectivity index (χ4n) is 1.39. The van der Waals surface area contributed by atoms with Gasteiger partial charge in [0.1, 0.15) is 17.5 Å². The summed E-state index contributed by atoms with van der Waals surface area (Å²) in [4.78, 5) is 33.7. The lowest BCUT2D eigenvalue weighted by atomic mass is 10.4. The van der Waals surface area contributed by atoms with Crippen LogP contribution >= 0.6 is 0 Å². The summed E-state index contributed by atoms with van der Waals surface area (Å²) in [6.07, 6.45) is 1.38. The topological polar surface area (TPSA) is 120 Å². The Balaban J connectivity index is 2.36. The summed E-state index contributed by atoms with van der Waals surface area (Å²) in [6.45, 7) is 0. The van der Waals surface area contributed by atoms with E-state index in [1.165, 1.54) is 6.26 Å². The minimum absolute atomic E-state index is 0.187. The molecule has 3 aromatic rings. The van der Waals surface area contributed by atoms with Gasteiger partial charge in [0.05, 0.1) is 0 Å². The number of H-pyrrole nitrogens is 3. The largest absolute Gasteiger partial charge is 0.364 e. The molecule has 0 fully saturated rings. The molecule has 0 aliphatic rings. The molecule has 0 saturated heterocycles. The fraction of sp³-hybridized carbons (Fsp3) is 0. The Labute approximate surface area is 86.3 Å². The third kappa shape index (κ3) is 1.16. The Morgan fingerprint density at radius 3 is 2.81 bits per heavy atom. The molecule has 16 heavy (non-hydrogen) atoms. The number of aromatic nitrogens is 5. The number of rotatable bonds is 1. The zero-order valence-corrected chi connectivity index (χ0v) is 7.77. The predicted molar refractivity (Wildman–Crippen MR) is 52.8 cm³/mol. The van der Waals surface area contributed by atoms with E-state index in [1.54, 1.807) is 6.07 Å². The van der Waals surface area contributed by atoms with Crippen LogP contribution in [-0.2, 0) is 0 Å². The first-order valence-corrected chi connectivity index (χ1v) is 4.37. The van der Waals surface area contributed by atoms with Crippen LogP contribution in [-0.4, -0.2) is 25.1 Å². The second-order valence-electron chi connectivity index (χ2n) is 3.10. The van der Waals surface area contributed by atoms with Crippen LogP contribution in [0.15, 0.2) is 26.4 Å². The van der Waals surface area contributed by atoms with Gasteiger partial charge in [0, 0.05) is 6.07 Å². The first kappa shape index (κ1) is 8.65. The van der Waals surface area contributed by atoms with Gasteiger partial charge >= 0.3 is 5.69 Å². The van der Waals surface area contributed by atoms with Gasteiger partial charge in [-0.3, -0.25) is 14.8 Å². The molecule has 0 bridgehead atoms. The molecule has 3 heterocycles. The normalized spacial score (nSPS) is 11.0. The average molecular weight is 219 g/mol. The maximum Gasteiger partial charge on any atom is 0.327 e. The van der Waals surface area contributed by atoms with Crippen molar-refractivity contribution in [2.75, 3.05) is 0 Å². The molecule has 0 unspecified atom stereocenters. The lowest BCUT2D eigenvalue weighted by Gasteiger charge is -1.83. The van der Waals surface area contributed by atoms with E-state index in [2.05, 4.69) is 29.6 Å². The van der Waals surface area contributed by atoms with Crippen LogP contribution in [0.1, 0.15) is 0 Å². The Morgan fingerprint density at radius 2 is 2.06 bits per heavy atom. The Morgan fingerprint density at radius 1 is 1.19 bits per heavy atom. The van der Waals surface area contributed by atoms with Gasteiger partial charge in [-0.1, -0.05) is 5.16 Å². The first-order valence-electron chi connectivity index (χ1n) is 4.37. The highest BCUT2D eigenvalue weighted by molar-refractivity contribution is 5.73. The molecule has 0 aliphatic carbocycles. The number of nitrogens with zero attached hydrogens (tertiary/aromatic N) is 2. The van der Waals surface area contributed by atoms with E-state index in [9.17, 15) is 9.59 Å². The zero-order valence-electron chi connectivity index (χ0n) is 7.77. The summed E-state index contributed by atoms with van der Waals surface area (Å²) in [5.74, 6) is 0.358. The van der Waals surface area contributed by atoms with E-state index in [-0.39, 0.29) is 11.2 Å². The molecule has 80 valence electrons. The van der Waals surface area contributed by atoms with E-state index in [0.717, 1.165) is 0 Å². The maximum absolute atomic E-state index is 11.4. The lowest BCUT2D eigenvalue weighted by molar-refractivity contribution is 0.422. The molecule has 0 spiro atoms. The third-order valence-electron chi connectivity index (χ3n) is 2.07. The quantitative estimate of drug-likeness (QED) is 0.514. The van der Waals surface area contributed by atoms with Gasteiger partial charge in [-0.25, -0.2) is 9.78 Å². The van der Waals surface area contributed by atoms with Crippen LogP contribution in [0.4, 0.5) is 0 Å². The minimum Gasteiger partial charge on any atom is -0.364 e. The van der Waals surface area contributed by atoms with Crippen molar-refractivity contribution < 1.29 is 4.52 Å². The lowest BCUT2D eigenvalue weighted by Crippen LogP contribution is -2.21. The van der Waals surface area contributed by atoms with Crippen LogP contribution in [0.2, 0.25) is 0 Å². The third-order valence-corrected chi connectivity index (χ3v) is 2.07. The van der Waals surface area contributed by atoms with Crippen LogP contribution in [0.25, 0.3) is 22.7 Å². The summed E-state index contributed by atoms with van der Waals surface area (Å²) >= 11 is 0. The number of fused-ring (bicyclic) bond motifs is 1. The standard InChI is InChI=1S/C8H5N5O3/c14-7-4-6(11-8(15)12-7)10-5(9-4)3-1-2-16-13-3/h1-2H,(H3,9,10,11,12,14,15). The smallest absolute Gasteiger partial charge is 0.327 e. The average Bonchev–Trinajstić information content (AvgIpc) is 2.82. The van der Waals surface area contributed by atoms with Gasteiger partial charge in [0.25, 0.3) is 5.56 Å². The summed E-state index contributed by atoms with van der Waals surface area (Å²) in [6, 6.07) is 1.59. The molecule has 3 rings (SSSR count). The van der Waals surface area contributed by atoms with E-state index < -0.39 is 11.2 Å². The number of nitrogens with one attached hydrogen (secondary N) is 3. The van der Waals surface area contributed by atoms with Gasteiger partial charge < -0.3 is 9.51 Å². The van der Waals surface area contributed by atoms with Gasteiger partial charge in [-0.15, -0.1) is 0 Å². The number of imidazole rings is 1. The molecule has 0 atom stereocenters. The summed E-state index contributed by atoms with van der Waals surface area (Å²) in [7, 11) is 0. The van der Waals surface area contributed by atoms with E-state index >= 15 is 0 Å². The van der Waals surface area contributed by atoms with Gasteiger partial charge in [-0.05, 0) is 0 Å². The van der Waals surface area contributed by atoms with Crippen molar-refractivity contribution in [2.45, 2.75) is 0 Å². The number of aromatic amines is 3. The highest BCUT2D eigenvalue weighted by Crippen LogP contribution is 2.14. The van der Waals surface area contributed by atoms with Crippen molar-refractivity contribution in [2.24, 2.45) is 0 Å². The molecule has 0 aliphatic heterocycles. The Hall–Kier alpha value is -2.64. The van der Waals surface area contributed by atoms with Crippen LogP contribution < -0.4 is 11.2 Å². The van der Waals surface area contributed by atoms with Crippen molar-refractivity contribution in [3.05, 3.63) is 33.2 Å². The molecular formula is C8H5N5O3. The van der Waals surface area contributed by atoms with Crippen LogP contribution in [0.5, 0.6) is 0 Å². The van der Waals surface area contributed by atoms with Crippen molar-refractivity contribution in [1.29, 1.82) is 0 Å². The number of hydrogen-bond donors (Lipinski definition) is 3. The number of hydrogen-bond acceptors (Lipinski definition) is 5. The van der Waals surface area contributed by atoms with Crippen molar-refractivity contribution >= 4 is 11.2 Å². The summed E-state index contributed by atoms with van der Waals surface area (Å²) < 4.78 is 4.65. The Bertz CT molecular complexity index is 748. The SMILES string of the molecule is O=c1[nH]c(=O)c2[nH]c(-c3ccon3)nc2[nH]1. The second kappa shape index (κ2) is 2.92. The van der Waals surface area contributed by atoms with Crippen LogP contribution in [0, 0.1) is 0 Å². The molecule has 8 nitrogen and oxygen atoms in total. The minimum atomic E-state index is -0.601. The fourth-order valence-corrected chi connectivity index (χ4v) is 1.39. The molecule has 0 radical (unpaired) electrons. The van der Waals surface area contributed by atoms with Gasteiger partial charge in [0.15, 0.2) is 11.5 Å². The molecule has 0 aromatic carbocycles. The van der Waals surface area contributed by atoms with Gasteiger partial charge in [0.2, 0.25) is 0 Å². The molecule has 3 N–H and O–H groups in total. The molecule has 0 saturated carbocycles.